The molecule has 1 unspecified atom stereocenters. The minimum Gasteiger partial charge on any atom is -0.481 e. The van der Waals surface area contributed by atoms with E-state index < -0.39 is 11.9 Å². The van der Waals surface area contributed by atoms with Crippen LogP contribution in [-0.2, 0) is 9.53 Å². The van der Waals surface area contributed by atoms with Crippen molar-refractivity contribution in [1.29, 1.82) is 0 Å². The van der Waals surface area contributed by atoms with Crippen LogP contribution in [0.15, 0.2) is 24.3 Å². The first kappa shape index (κ1) is 14.0. The number of ether oxygens (including phenoxy) is 1. The summed E-state index contributed by atoms with van der Waals surface area (Å²) in [5, 5.41) is 9.44. The van der Waals surface area contributed by atoms with Crippen molar-refractivity contribution in [3.63, 3.8) is 0 Å². The summed E-state index contributed by atoms with van der Waals surface area (Å²) >= 11 is 0. The number of hydrogen-bond acceptors (Lipinski definition) is 3. The molecule has 1 aliphatic rings. The molecule has 1 heterocycles. The molecule has 4 nitrogen and oxygen atoms in total. The molecule has 1 aliphatic heterocycles. The summed E-state index contributed by atoms with van der Waals surface area (Å²) in [5.41, 5.74) is 1.99. The second-order valence-corrected chi connectivity index (χ2v) is 4.99. The van der Waals surface area contributed by atoms with E-state index in [1.165, 1.54) is 0 Å². The van der Waals surface area contributed by atoms with Crippen LogP contribution in [-0.4, -0.2) is 48.8 Å². The van der Waals surface area contributed by atoms with Crippen LogP contribution in [0.5, 0.6) is 0 Å². The normalized spacial score (nSPS) is 18.2. The van der Waals surface area contributed by atoms with Crippen molar-refractivity contribution < 1.29 is 14.6 Å². The molecule has 0 aromatic heterocycles. The molecule has 19 heavy (non-hydrogen) atoms. The molecular formula is C15H21NO3. The zero-order valence-corrected chi connectivity index (χ0v) is 11.3. The van der Waals surface area contributed by atoms with Gasteiger partial charge in [0.1, 0.15) is 0 Å². The first-order valence-corrected chi connectivity index (χ1v) is 6.77. The van der Waals surface area contributed by atoms with Crippen molar-refractivity contribution in [3.8, 4) is 0 Å². The Kier molecular flexibility index (Phi) is 4.93. The van der Waals surface area contributed by atoms with E-state index >= 15 is 0 Å². The Balaban J connectivity index is 2.00. The summed E-state index contributed by atoms with van der Waals surface area (Å²) in [7, 11) is 0. The molecule has 1 N–H and O–H groups in total. The fourth-order valence-electron chi connectivity index (χ4n) is 2.53. The lowest BCUT2D eigenvalue weighted by molar-refractivity contribution is -0.139. The van der Waals surface area contributed by atoms with Crippen molar-refractivity contribution in [2.75, 3.05) is 32.8 Å². The molecule has 0 bridgehead atoms. The number of rotatable bonds is 5. The van der Waals surface area contributed by atoms with Gasteiger partial charge in [-0.1, -0.05) is 24.3 Å². The molecule has 1 atom stereocenters. The van der Waals surface area contributed by atoms with E-state index in [0.717, 1.165) is 44.0 Å². The summed E-state index contributed by atoms with van der Waals surface area (Å²) in [5.74, 6) is -1.15. The topological polar surface area (TPSA) is 49.8 Å². The zero-order chi connectivity index (χ0) is 13.7. The molecule has 0 spiro atoms. The van der Waals surface area contributed by atoms with Crippen LogP contribution < -0.4 is 0 Å². The van der Waals surface area contributed by atoms with Crippen LogP contribution >= 0.6 is 0 Å². The van der Waals surface area contributed by atoms with E-state index in [-0.39, 0.29) is 0 Å². The third kappa shape index (κ3) is 3.78. The maximum atomic E-state index is 11.5. The van der Waals surface area contributed by atoms with Crippen molar-refractivity contribution in [2.24, 2.45) is 0 Å². The Labute approximate surface area is 114 Å². The average Bonchev–Trinajstić information content (AvgIpc) is 2.42. The lowest BCUT2D eigenvalue weighted by Crippen LogP contribution is -2.37. The van der Waals surface area contributed by atoms with Gasteiger partial charge in [0.15, 0.2) is 0 Å². The van der Waals surface area contributed by atoms with E-state index in [1.54, 1.807) is 0 Å². The zero-order valence-electron chi connectivity index (χ0n) is 11.3. The molecule has 0 saturated carbocycles. The minimum absolute atomic E-state index is 0.413. The molecule has 4 heteroatoms. The summed E-state index contributed by atoms with van der Waals surface area (Å²) in [6.07, 6.45) is 0.653. The summed E-state index contributed by atoms with van der Waals surface area (Å²) < 4.78 is 5.30. The predicted molar refractivity (Wildman–Crippen MR) is 73.4 cm³/mol. The number of carbonyl (C=O) groups is 1. The largest absolute Gasteiger partial charge is 0.481 e. The van der Waals surface area contributed by atoms with Gasteiger partial charge in [0.25, 0.3) is 0 Å². The molecular weight excluding hydrogens is 242 g/mol. The molecule has 2 rings (SSSR count). The van der Waals surface area contributed by atoms with Gasteiger partial charge in [-0.3, -0.25) is 9.69 Å². The standard InChI is InChI=1S/C15H21NO3/c1-12-4-2-3-5-13(12)14(15(17)18)6-7-16-8-10-19-11-9-16/h2-5,14H,6-11H2,1H3,(H,17,18). The monoisotopic (exact) mass is 263 g/mol. The summed E-state index contributed by atoms with van der Waals surface area (Å²) in [6, 6.07) is 7.75. The van der Waals surface area contributed by atoms with Crippen LogP contribution in [0.25, 0.3) is 0 Å². The van der Waals surface area contributed by atoms with Gasteiger partial charge >= 0.3 is 5.97 Å². The summed E-state index contributed by atoms with van der Waals surface area (Å²) in [6.45, 7) is 6.10. The molecule has 0 amide bonds. The van der Waals surface area contributed by atoms with Crippen LogP contribution in [0.4, 0.5) is 0 Å². The Morgan fingerprint density at radius 2 is 2.05 bits per heavy atom. The molecule has 0 radical (unpaired) electrons. The molecule has 104 valence electrons. The third-order valence-corrected chi connectivity index (χ3v) is 3.70. The van der Waals surface area contributed by atoms with Crippen molar-refractivity contribution in [1.82, 2.24) is 4.90 Å². The maximum absolute atomic E-state index is 11.5. The number of nitrogens with zero attached hydrogens (tertiary/aromatic N) is 1. The Hall–Kier alpha value is -1.39. The quantitative estimate of drug-likeness (QED) is 0.881. The number of morpholine rings is 1. The number of carboxylic acid groups (broad SMARTS) is 1. The average molecular weight is 263 g/mol. The van der Waals surface area contributed by atoms with E-state index in [1.807, 2.05) is 31.2 Å². The first-order valence-electron chi connectivity index (χ1n) is 6.77. The van der Waals surface area contributed by atoms with Crippen LogP contribution in [0.2, 0.25) is 0 Å². The van der Waals surface area contributed by atoms with Crippen LogP contribution in [0.1, 0.15) is 23.5 Å². The maximum Gasteiger partial charge on any atom is 0.311 e. The van der Waals surface area contributed by atoms with Gasteiger partial charge in [0.2, 0.25) is 0 Å². The highest BCUT2D eigenvalue weighted by molar-refractivity contribution is 5.76. The van der Waals surface area contributed by atoms with Gasteiger partial charge in [0, 0.05) is 13.1 Å². The van der Waals surface area contributed by atoms with E-state index in [2.05, 4.69) is 4.90 Å². The van der Waals surface area contributed by atoms with Crippen molar-refractivity contribution in [2.45, 2.75) is 19.3 Å². The van der Waals surface area contributed by atoms with Crippen molar-refractivity contribution >= 4 is 5.97 Å². The molecule has 1 aromatic rings. The number of aliphatic carboxylic acids is 1. The third-order valence-electron chi connectivity index (χ3n) is 3.70. The van der Waals surface area contributed by atoms with Gasteiger partial charge in [-0.25, -0.2) is 0 Å². The molecule has 1 fully saturated rings. The highest BCUT2D eigenvalue weighted by atomic mass is 16.5. The number of benzene rings is 1. The fourth-order valence-corrected chi connectivity index (χ4v) is 2.53. The second kappa shape index (κ2) is 6.68. The van der Waals surface area contributed by atoms with Crippen LogP contribution in [0.3, 0.4) is 0 Å². The molecule has 1 aromatic carbocycles. The fraction of sp³-hybridized carbons (Fsp3) is 0.533. The molecule has 0 aliphatic carbocycles. The number of hydrogen-bond donors (Lipinski definition) is 1. The minimum atomic E-state index is -0.734. The highest BCUT2D eigenvalue weighted by Gasteiger charge is 2.22. The van der Waals surface area contributed by atoms with Crippen LogP contribution in [0, 0.1) is 6.92 Å². The van der Waals surface area contributed by atoms with Gasteiger partial charge in [-0.2, -0.15) is 0 Å². The van der Waals surface area contributed by atoms with Gasteiger partial charge in [0.05, 0.1) is 19.1 Å². The van der Waals surface area contributed by atoms with Gasteiger partial charge in [-0.05, 0) is 31.0 Å². The van der Waals surface area contributed by atoms with Gasteiger partial charge in [-0.15, -0.1) is 0 Å². The molecule has 1 saturated heterocycles. The van der Waals surface area contributed by atoms with Crippen molar-refractivity contribution in [3.05, 3.63) is 35.4 Å². The Morgan fingerprint density at radius 3 is 2.68 bits per heavy atom. The lowest BCUT2D eigenvalue weighted by atomic mass is 9.92. The number of aryl methyl sites for hydroxylation is 1. The smallest absolute Gasteiger partial charge is 0.311 e. The van der Waals surface area contributed by atoms with E-state index in [0.29, 0.717) is 6.42 Å². The first-order chi connectivity index (χ1) is 9.18. The Bertz CT molecular complexity index is 427. The second-order valence-electron chi connectivity index (χ2n) is 4.99. The highest BCUT2D eigenvalue weighted by Crippen LogP contribution is 2.23. The summed E-state index contributed by atoms with van der Waals surface area (Å²) in [4.78, 5) is 13.8. The SMILES string of the molecule is Cc1ccccc1C(CCN1CCOCC1)C(=O)O. The van der Waals surface area contributed by atoms with E-state index in [4.69, 9.17) is 4.74 Å². The number of carboxylic acids is 1. The Morgan fingerprint density at radius 1 is 1.37 bits per heavy atom. The van der Waals surface area contributed by atoms with Gasteiger partial charge < -0.3 is 9.84 Å². The van der Waals surface area contributed by atoms with E-state index in [9.17, 15) is 9.90 Å². The lowest BCUT2D eigenvalue weighted by Gasteiger charge is -2.27. The predicted octanol–water partition coefficient (Wildman–Crippen LogP) is 1.89.